The Hall–Kier alpha value is -2.16. The lowest BCUT2D eigenvalue weighted by atomic mass is 10.2. The number of carbonyl (C=O) groups is 2. The fraction of sp³-hybridized carbons (Fsp3) is 0.533. The molecule has 8 nitrogen and oxygen atoms in total. The van der Waals surface area contributed by atoms with Gasteiger partial charge in [-0.05, 0) is 25.5 Å². The van der Waals surface area contributed by atoms with Crippen molar-refractivity contribution in [3.8, 4) is 0 Å². The van der Waals surface area contributed by atoms with Gasteiger partial charge in [-0.2, -0.15) is 0 Å². The van der Waals surface area contributed by atoms with Gasteiger partial charge in [0.1, 0.15) is 5.82 Å². The number of hydrogen-bond acceptors (Lipinski definition) is 7. The van der Waals surface area contributed by atoms with Gasteiger partial charge in [-0.15, -0.1) is 0 Å². The summed E-state index contributed by atoms with van der Waals surface area (Å²) >= 11 is 0. The zero-order valence-electron chi connectivity index (χ0n) is 13.4. The highest BCUT2D eigenvalue weighted by atomic mass is 32.2. The average molecular weight is 355 g/mol. The lowest BCUT2D eigenvalue weighted by molar-refractivity contribution is -0.121. The van der Waals surface area contributed by atoms with Crippen LogP contribution in [0.5, 0.6) is 0 Å². The number of anilines is 1. The number of ether oxygens (including phenoxy) is 1. The van der Waals surface area contributed by atoms with Crippen molar-refractivity contribution in [2.75, 3.05) is 30.0 Å². The van der Waals surface area contributed by atoms with Gasteiger partial charge < -0.3 is 15.4 Å². The first-order chi connectivity index (χ1) is 11.4. The van der Waals surface area contributed by atoms with E-state index in [4.69, 9.17) is 4.74 Å². The topological polar surface area (TPSA) is 114 Å². The van der Waals surface area contributed by atoms with Crippen molar-refractivity contribution < 1.29 is 22.7 Å². The molecule has 24 heavy (non-hydrogen) atoms. The molecular formula is C15H21N3O5S. The molecule has 2 heterocycles. The molecule has 132 valence electrons. The SMILES string of the molecule is CCOC(=O)c1ccc(NCCC(=O)N[C@H]2CCS(=O)(=O)C2)nc1. The monoisotopic (exact) mass is 355 g/mol. The molecule has 0 saturated carbocycles. The minimum absolute atomic E-state index is 0.0169. The Morgan fingerprint density at radius 1 is 1.38 bits per heavy atom. The molecule has 0 bridgehead atoms. The summed E-state index contributed by atoms with van der Waals surface area (Å²) in [7, 11) is -3.00. The van der Waals surface area contributed by atoms with Crippen LogP contribution in [0.15, 0.2) is 18.3 Å². The molecule has 0 aromatic carbocycles. The molecule has 1 aromatic heterocycles. The van der Waals surface area contributed by atoms with Crippen molar-refractivity contribution in [1.82, 2.24) is 10.3 Å². The minimum atomic E-state index is -3.00. The molecule has 0 spiro atoms. The van der Waals surface area contributed by atoms with Crippen molar-refractivity contribution in [2.24, 2.45) is 0 Å². The lowest BCUT2D eigenvalue weighted by Crippen LogP contribution is -2.36. The van der Waals surface area contributed by atoms with Crippen molar-refractivity contribution in [3.63, 3.8) is 0 Å². The van der Waals surface area contributed by atoms with Gasteiger partial charge in [0.25, 0.3) is 0 Å². The van der Waals surface area contributed by atoms with Crippen molar-refractivity contribution >= 4 is 27.5 Å². The molecule has 9 heteroatoms. The quantitative estimate of drug-likeness (QED) is 0.679. The van der Waals surface area contributed by atoms with E-state index in [1.54, 1.807) is 19.1 Å². The first-order valence-electron chi connectivity index (χ1n) is 7.76. The highest BCUT2D eigenvalue weighted by Gasteiger charge is 2.28. The van der Waals surface area contributed by atoms with E-state index in [2.05, 4.69) is 15.6 Å². The number of carbonyl (C=O) groups excluding carboxylic acids is 2. The maximum Gasteiger partial charge on any atom is 0.339 e. The molecule has 1 aliphatic heterocycles. The number of hydrogen-bond donors (Lipinski definition) is 2. The second-order valence-electron chi connectivity index (χ2n) is 5.50. The van der Waals surface area contributed by atoms with Crippen molar-refractivity contribution in [3.05, 3.63) is 23.9 Å². The van der Waals surface area contributed by atoms with Crippen LogP contribution in [0.4, 0.5) is 5.82 Å². The number of nitrogens with zero attached hydrogens (tertiary/aromatic N) is 1. The van der Waals surface area contributed by atoms with Crippen LogP contribution in [0.1, 0.15) is 30.1 Å². The van der Waals surface area contributed by atoms with Crippen LogP contribution in [0.2, 0.25) is 0 Å². The van der Waals surface area contributed by atoms with Crippen LogP contribution in [0.3, 0.4) is 0 Å². The Kier molecular flexibility index (Phi) is 6.13. The Labute approximate surface area is 140 Å². The molecule has 2 N–H and O–H groups in total. The summed E-state index contributed by atoms with van der Waals surface area (Å²) < 4.78 is 27.5. The third-order valence-corrected chi connectivity index (χ3v) is 5.30. The summed E-state index contributed by atoms with van der Waals surface area (Å²) in [5, 5.41) is 5.69. The molecule has 1 saturated heterocycles. The standard InChI is InChI=1S/C15H21N3O5S/c1-2-23-15(20)11-3-4-13(17-9-11)16-7-5-14(19)18-12-6-8-24(21,22)10-12/h3-4,9,12H,2,5-8,10H2,1H3,(H,16,17)(H,18,19)/t12-/m0/s1. The summed E-state index contributed by atoms with van der Waals surface area (Å²) in [6.45, 7) is 2.39. The first kappa shape index (κ1) is 18.2. The van der Waals surface area contributed by atoms with Gasteiger partial charge >= 0.3 is 5.97 Å². The largest absolute Gasteiger partial charge is 0.462 e. The predicted molar refractivity (Wildman–Crippen MR) is 88.5 cm³/mol. The molecular weight excluding hydrogens is 334 g/mol. The van der Waals surface area contributed by atoms with Crippen LogP contribution >= 0.6 is 0 Å². The van der Waals surface area contributed by atoms with Crippen LogP contribution in [-0.4, -0.2) is 56.0 Å². The summed E-state index contributed by atoms with van der Waals surface area (Å²) in [5.74, 6) is 0.0603. The maximum atomic E-state index is 11.8. The second-order valence-corrected chi connectivity index (χ2v) is 7.73. The summed E-state index contributed by atoms with van der Waals surface area (Å²) in [5.41, 5.74) is 0.364. The van der Waals surface area contributed by atoms with E-state index in [-0.39, 0.29) is 29.9 Å². The number of esters is 1. The third kappa shape index (κ3) is 5.48. The molecule has 0 radical (unpaired) electrons. The highest BCUT2D eigenvalue weighted by molar-refractivity contribution is 7.91. The first-order valence-corrected chi connectivity index (χ1v) is 9.58. The molecule has 2 rings (SSSR count). The zero-order chi connectivity index (χ0) is 17.6. The van der Waals surface area contributed by atoms with Gasteiger partial charge in [-0.1, -0.05) is 0 Å². The van der Waals surface area contributed by atoms with Gasteiger partial charge in [0.15, 0.2) is 9.84 Å². The average Bonchev–Trinajstić information content (AvgIpc) is 2.87. The second kappa shape index (κ2) is 8.09. The zero-order valence-corrected chi connectivity index (χ0v) is 14.3. The third-order valence-electron chi connectivity index (χ3n) is 3.53. The Bertz CT molecular complexity index is 688. The number of pyridine rings is 1. The van der Waals surface area contributed by atoms with E-state index in [9.17, 15) is 18.0 Å². The Morgan fingerprint density at radius 3 is 2.75 bits per heavy atom. The summed E-state index contributed by atoms with van der Waals surface area (Å²) in [6.07, 6.45) is 2.08. The maximum absolute atomic E-state index is 11.8. The molecule has 1 amide bonds. The lowest BCUT2D eigenvalue weighted by Gasteiger charge is -2.11. The fourth-order valence-electron chi connectivity index (χ4n) is 2.35. The Balaban J connectivity index is 1.72. The van der Waals surface area contributed by atoms with Crippen LogP contribution in [-0.2, 0) is 19.4 Å². The van der Waals surface area contributed by atoms with E-state index in [0.29, 0.717) is 31.0 Å². The number of sulfone groups is 1. The summed E-state index contributed by atoms with van der Waals surface area (Å²) in [4.78, 5) is 27.4. The van der Waals surface area contributed by atoms with Crippen molar-refractivity contribution in [2.45, 2.75) is 25.8 Å². The number of amides is 1. The molecule has 1 atom stereocenters. The minimum Gasteiger partial charge on any atom is -0.462 e. The predicted octanol–water partition coefficient (Wildman–Crippen LogP) is 0.364. The molecule has 0 unspecified atom stereocenters. The molecule has 0 aliphatic carbocycles. The normalized spacial score (nSPS) is 18.8. The molecule has 1 aliphatic rings. The van der Waals surface area contributed by atoms with Crippen molar-refractivity contribution in [1.29, 1.82) is 0 Å². The fourth-order valence-corrected chi connectivity index (χ4v) is 4.02. The summed E-state index contributed by atoms with van der Waals surface area (Å²) in [6, 6.07) is 2.94. The number of rotatable bonds is 7. The van der Waals surface area contributed by atoms with E-state index in [0.717, 1.165) is 0 Å². The van der Waals surface area contributed by atoms with Gasteiger partial charge in [0, 0.05) is 25.2 Å². The molecule has 1 fully saturated rings. The van der Waals surface area contributed by atoms with E-state index >= 15 is 0 Å². The van der Waals surface area contributed by atoms with E-state index in [1.807, 2.05) is 0 Å². The van der Waals surface area contributed by atoms with E-state index < -0.39 is 15.8 Å². The van der Waals surface area contributed by atoms with E-state index in [1.165, 1.54) is 6.20 Å². The van der Waals surface area contributed by atoms with Crippen LogP contribution in [0, 0.1) is 0 Å². The van der Waals surface area contributed by atoms with Gasteiger partial charge in [0.05, 0.1) is 23.7 Å². The van der Waals surface area contributed by atoms with Gasteiger partial charge in [-0.3, -0.25) is 4.79 Å². The Morgan fingerprint density at radius 2 is 2.17 bits per heavy atom. The molecule has 1 aromatic rings. The van der Waals surface area contributed by atoms with Gasteiger partial charge in [0.2, 0.25) is 5.91 Å². The number of aromatic nitrogens is 1. The van der Waals surface area contributed by atoms with Crippen LogP contribution < -0.4 is 10.6 Å². The van der Waals surface area contributed by atoms with Gasteiger partial charge in [-0.25, -0.2) is 18.2 Å². The smallest absolute Gasteiger partial charge is 0.339 e. The highest BCUT2D eigenvalue weighted by Crippen LogP contribution is 2.11. The number of nitrogens with one attached hydrogen (secondary N) is 2. The van der Waals surface area contributed by atoms with Crippen LogP contribution in [0.25, 0.3) is 0 Å².